The summed E-state index contributed by atoms with van der Waals surface area (Å²) in [6, 6.07) is 13.4. The lowest BCUT2D eigenvalue weighted by Gasteiger charge is -2.22. The van der Waals surface area contributed by atoms with Gasteiger partial charge in [-0.3, -0.25) is 4.79 Å². The number of rotatable bonds is 11. The van der Waals surface area contributed by atoms with Crippen LogP contribution in [0.25, 0.3) is 0 Å². The quantitative estimate of drug-likeness (QED) is 0.294. The van der Waals surface area contributed by atoms with Crippen molar-refractivity contribution in [1.29, 1.82) is 0 Å². The lowest BCUT2D eigenvalue weighted by atomic mass is 10.1. The van der Waals surface area contributed by atoms with Gasteiger partial charge in [0.25, 0.3) is 5.91 Å². The van der Waals surface area contributed by atoms with E-state index in [-0.39, 0.29) is 12.3 Å². The van der Waals surface area contributed by atoms with Crippen LogP contribution in [0.1, 0.15) is 50.4 Å². The van der Waals surface area contributed by atoms with Gasteiger partial charge in [-0.2, -0.15) is 10.2 Å². The molecule has 3 N–H and O–H groups in total. The van der Waals surface area contributed by atoms with E-state index in [0.717, 1.165) is 11.4 Å². The monoisotopic (exact) mass is 497 g/mol. The Morgan fingerprint density at radius 3 is 2.00 bits per heavy atom. The van der Waals surface area contributed by atoms with Gasteiger partial charge >= 0.3 is 12.1 Å². The average Bonchev–Trinajstić information content (AvgIpc) is 2.81. The zero-order chi connectivity index (χ0) is 26.7. The van der Waals surface area contributed by atoms with Crippen LogP contribution >= 0.6 is 0 Å². The summed E-state index contributed by atoms with van der Waals surface area (Å²) in [7, 11) is 3.94. The van der Waals surface area contributed by atoms with Gasteiger partial charge in [0.2, 0.25) is 0 Å². The summed E-state index contributed by atoms with van der Waals surface area (Å²) in [5.74, 6) is -1.37. The number of carboxylic acids is 1. The van der Waals surface area contributed by atoms with Crippen LogP contribution in [0.2, 0.25) is 0 Å². The molecule has 2 amide bonds. The van der Waals surface area contributed by atoms with E-state index in [2.05, 4.69) is 20.9 Å². The molecule has 0 aliphatic rings. The summed E-state index contributed by atoms with van der Waals surface area (Å²) >= 11 is 0. The summed E-state index contributed by atoms with van der Waals surface area (Å²) in [5, 5.41) is 22.9. The van der Waals surface area contributed by atoms with Crippen LogP contribution in [0.15, 0.2) is 58.8 Å². The van der Waals surface area contributed by atoms with Crippen molar-refractivity contribution in [3.8, 4) is 0 Å². The van der Waals surface area contributed by atoms with Crippen molar-refractivity contribution in [3.05, 3.63) is 54.1 Å². The van der Waals surface area contributed by atoms with Crippen LogP contribution in [-0.2, 0) is 9.53 Å². The predicted octanol–water partition coefficient (Wildman–Crippen LogP) is 5.05. The number of aliphatic carboxylic acids is 1. The van der Waals surface area contributed by atoms with Crippen molar-refractivity contribution in [2.45, 2.75) is 51.7 Å². The molecule has 10 heteroatoms. The van der Waals surface area contributed by atoms with Crippen LogP contribution in [0.4, 0.5) is 21.9 Å². The SMILES string of the molecule is CN(C)c1ccc(N=Nc2ccc(C(=O)NCCCCC(NC(=O)OC(C)(C)C)C(=O)O)cc2)cc1. The molecule has 1 unspecified atom stereocenters. The Labute approximate surface area is 211 Å². The minimum absolute atomic E-state index is 0.224. The van der Waals surface area contributed by atoms with E-state index in [9.17, 15) is 19.5 Å². The van der Waals surface area contributed by atoms with Gasteiger partial charge in [-0.25, -0.2) is 9.59 Å². The topological polar surface area (TPSA) is 133 Å². The fourth-order valence-corrected chi connectivity index (χ4v) is 3.10. The maximum absolute atomic E-state index is 12.4. The molecule has 0 saturated heterocycles. The molecule has 2 aromatic carbocycles. The van der Waals surface area contributed by atoms with Crippen LogP contribution in [0.5, 0.6) is 0 Å². The number of anilines is 1. The maximum Gasteiger partial charge on any atom is 0.408 e. The van der Waals surface area contributed by atoms with Crippen molar-refractivity contribution in [2.75, 3.05) is 25.5 Å². The van der Waals surface area contributed by atoms with E-state index in [1.807, 2.05) is 43.3 Å². The van der Waals surface area contributed by atoms with Crippen LogP contribution in [-0.4, -0.2) is 55.4 Å². The Kier molecular flexibility index (Phi) is 10.4. The lowest BCUT2D eigenvalue weighted by molar-refractivity contribution is -0.139. The van der Waals surface area contributed by atoms with Gasteiger partial charge in [-0.15, -0.1) is 0 Å². The number of nitrogens with zero attached hydrogens (tertiary/aromatic N) is 3. The van der Waals surface area contributed by atoms with E-state index in [1.165, 1.54) is 0 Å². The predicted molar refractivity (Wildman–Crippen MR) is 138 cm³/mol. The van der Waals surface area contributed by atoms with E-state index in [0.29, 0.717) is 30.6 Å². The number of amides is 2. The largest absolute Gasteiger partial charge is 0.480 e. The van der Waals surface area contributed by atoms with Crippen LogP contribution in [0.3, 0.4) is 0 Å². The first-order chi connectivity index (χ1) is 16.9. The second kappa shape index (κ2) is 13.2. The number of unbranched alkanes of at least 4 members (excludes halogenated alkanes) is 1. The minimum Gasteiger partial charge on any atom is -0.480 e. The molecular formula is C26H35N5O5. The Balaban J connectivity index is 1.76. The Hall–Kier alpha value is -3.95. The molecule has 0 spiro atoms. The van der Waals surface area contributed by atoms with Crippen LogP contribution in [0, 0.1) is 0 Å². The molecule has 2 aromatic rings. The first kappa shape index (κ1) is 28.3. The number of hydrogen-bond acceptors (Lipinski definition) is 7. The number of carbonyl (C=O) groups excluding carboxylic acids is 2. The third kappa shape index (κ3) is 10.1. The molecule has 194 valence electrons. The maximum atomic E-state index is 12.4. The van der Waals surface area contributed by atoms with E-state index in [4.69, 9.17) is 4.74 Å². The molecular weight excluding hydrogens is 462 g/mol. The number of hydrogen-bond donors (Lipinski definition) is 3. The number of benzene rings is 2. The van der Waals surface area contributed by atoms with Crippen molar-refractivity contribution in [3.63, 3.8) is 0 Å². The van der Waals surface area contributed by atoms with Crippen molar-refractivity contribution in [1.82, 2.24) is 10.6 Å². The number of azo groups is 1. The second-order valence-electron chi connectivity index (χ2n) is 9.45. The zero-order valence-electron chi connectivity index (χ0n) is 21.4. The standard InChI is InChI=1S/C26H35N5O5/c1-26(2,3)36-25(35)28-22(24(33)34)8-6-7-17-27-23(32)18-9-11-19(12-10-18)29-30-20-13-15-21(16-14-20)31(4)5/h9-16,22H,6-8,17H2,1-5H3,(H,27,32)(H,28,35)(H,33,34). The first-order valence-electron chi connectivity index (χ1n) is 11.7. The second-order valence-corrected chi connectivity index (χ2v) is 9.45. The highest BCUT2D eigenvalue weighted by molar-refractivity contribution is 5.94. The lowest BCUT2D eigenvalue weighted by Crippen LogP contribution is -2.43. The fraction of sp³-hybridized carbons (Fsp3) is 0.423. The molecule has 0 bridgehead atoms. The molecule has 0 saturated carbocycles. The van der Waals surface area contributed by atoms with E-state index in [1.54, 1.807) is 45.0 Å². The van der Waals surface area contributed by atoms with Crippen molar-refractivity contribution >= 4 is 35.0 Å². The highest BCUT2D eigenvalue weighted by atomic mass is 16.6. The number of carbonyl (C=O) groups is 3. The number of ether oxygens (including phenoxy) is 1. The first-order valence-corrected chi connectivity index (χ1v) is 11.7. The Morgan fingerprint density at radius 1 is 0.944 bits per heavy atom. The molecule has 10 nitrogen and oxygen atoms in total. The summed E-state index contributed by atoms with van der Waals surface area (Å²) in [4.78, 5) is 37.6. The van der Waals surface area contributed by atoms with Crippen molar-refractivity contribution < 1.29 is 24.2 Å². The number of alkyl carbamates (subject to hydrolysis) is 1. The Bertz CT molecular complexity index is 1040. The highest BCUT2D eigenvalue weighted by Crippen LogP contribution is 2.21. The van der Waals surface area contributed by atoms with Gasteiger partial charge in [-0.1, -0.05) is 0 Å². The van der Waals surface area contributed by atoms with E-state index >= 15 is 0 Å². The van der Waals surface area contributed by atoms with Gasteiger partial charge in [0.05, 0.1) is 11.4 Å². The molecule has 0 aromatic heterocycles. The van der Waals surface area contributed by atoms with Crippen molar-refractivity contribution in [2.24, 2.45) is 10.2 Å². The Morgan fingerprint density at radius 2 is 1.50 bits per heavy atom. The van der Waals surface area contributed by atoms with Gasteiger partial charge < -0.3 is 25.4 Å². The third-order valence-corrected chi connectivity index (χ3v) is 4.97. The molecule has 0 heterocycles. The smallest absolute Gasteiger partial charge is 0.408 e. The molecule has 1 atom stereocenters. The summed E-state index contributed by atoms with van der Waals surface area (Å²) < 4.78 is 5.10. The molecule has 0 fully saturated rings. The molecule has 0 aliphatic heterocycles. The van der Waals surface area contributed by atoms with Gasteiger partial charge in [0.1, 0.15) is 11.6 Å². The third-order valence-electron chi connectivity index (χ3n) is 4.97. The average molecular weight is 498 g/mol. The van der Waals surface area contributed by atoms with Crippen LogP contribution < -0.4 is 15.5 Å². The van der Waals surface area contributed by atoms with Gasteiger partial charge in [-0.05, 0) is 88.6 Å². The fourth-order valence-electron chi connectivity index (χ4n) is 3.10. The molecule has 36 heavy (non-hydrogen) atoms. The van der Waals surface area contributed by atoms with Gasteiger partial charge in [0.15, 0.2) is 0 Å². The number of nitrogens with one attached hydrogen (secondary N) is 2. The van der Waals surface area contributed by atoms with E-state index < -0.39 is 23.7 Å². The molecule has 2 rings (SSSR count). The highest BCUT2D eigenvalue weighted by Gasteiger charge is 2.23. The minimum atomic E-state index is -1.13. The molecule has 0 aliphatic carbocycles. The summed E-state index contributed by atoms with van der Waals surface area (Å²) in [6.07, 6.45) is 0.516. The molecule has 0 radical (unpaired) electrons. The zero-order valence-corrected chi connectivity index (χ0v) is 21.4. The normalized spacial score (nSPS) is 12.1. The number of carboxylic acid groups (broad SMARTS) is 1. The summed E-state index contributed by atoms with van der Waals surface area (Å²) in [5.41, 5.74) is 2.20. The summed E-state index contributed by atoms with van der Waals surface area (Å²) in [6.45, 7) is 5.48. The van der Waals surface area contributed by atoms with Gasteiger partial charge in [0, 0.05) is 31.9 Å².